The topological polar surface area (TPSA) is 124 Å². The number of hydrogen-bond donors (Lipinski definition) is 3. The molecule has 1 aliphatic rings. The summed E-state index contributed by atoms with van der Waals surface area (Å²) < 4.78 is 17.1. The molecule has 10 nitrogen and oxygen atoms in total. The van der Waals surface area contributed by atoms with Gasteiger partial charge in [-0.2, -0.15) is 4.98 Å². The van der Waals surface area contributed by atoms with Gasteiger partial charge in [0.15, 0.2) is 0 Å². The SMILES string of the molecule is C=C[C@H](CNc1nc(C)c(-c2nc3c(C)nccc3s2)c(N[C@H]2CC[C@@H](C(O)(COC)COC)C2)n1)OC. The second kappa shape index (κ2) is 12.4. The second-order valence-electron chi connectivity index (χ2n) is 9.83. The van der Waals surface area contributed by atoms with Crippen molar-refractivity contribution in [2.75, 3.05) is 51.7 Å². The molecule has 3 N–H and O–H groups in total. The molecule has 206 valence electrons. The Labute approximate surface area is 227 Å². The van der Waals surface area contributed by atoms with Crippen molar-refractivity contribution in [3.05, 3.63) is 36.3 Å². The van der Waals surface area contributed by atoms with Crippen LogP contribution in [0.4, 0.5) is 11.8 Å². The third-order valence-corrected chi connectivity index (χ3v) is 8.18. The van der Waals surface area contributed by atoms with E-state index in [1.54, 1.807) is 44.9 Å². The van der Waals surface area contributed by atoms with Gasteiger partial charge in [0, 0.05) is 40.1 Å². The molecule has 0 aliphatic heterocycles. The normalized spacial score (nSPS) is 18.6. The number of thiazole rings is 1. The number of aryl methyl sites for hydroxylation is 2. The molecular weight excluding hydrogens is 504 g/mol. The summed E-state index contributed by atoms with van der Waals surface area (Å²) in [5.41, 5.74) is 2.43. The Morgan fingerprint density at radius 1 is 1.16 bits per heavy atom. The van der Waals surface area contributed by atoms with E-state index in [0.29, 0.717) is 18.3 Å². The lowest BCUT2D eigenvalue weighted by atomic mass is 9.87. The fourth-order valence-electron chi connectivity index (χ4n) is 5.13. The molecule has 0 aromatic carbocycles. The van der Waals surface area contributed by atoms with Crippen molar-refractivity contribution in [2.45, 2.75) is 50.9 Å². The van der Waals surface area contributed by atoms with Crippen LogP contribution in [-0.2, 0) is 14.2 Å². The maximum absolute atomic E-state index is 11.2. The van der Waals surface area contributed by atoms with Gasteiger partial charge in [0.05, 0.1) is 41.0 Å². The number of anilines is 2. The molecule has 3 heterocycles. The van der Waals surface area contributed by atoms with Crippen LogP contribution in [0.2, 0.25) is 0 Å². The van der Waals surface area contributed by atoms with Gasteiger partial charge in [-0.25, -0.2) is 9.97 Å². The van der Waals surface area contributed by atoms with Crippen LogP contribution in [0.15, 0.2) is 24.9 Å². The molecule has 3 aromatic rings. The van der Waals surface area contributed by atoms with Crippen LogP contribution in [0.5, 0.6) is 0 Å². The van der Waals surface area contributed by atoms with Crippen molar-refractivity contribution in [3.63, 3.8) is 0 Å². The largest absolute Gasteiger partial charge is 0.385 e. The van der Waals surface area contributed by atoms with E-state index in [9.17, 15) is 5.11 Å². The Hall–Kier alpha value is -2.70. The third-order valence-electron chi connectivity index (χ3n) is 7.14. The van der Waals surface area contributed by atoms with E-state index in [1.807, 2.05) is 19.9 Å². The summed E-state index contributed by atoms with van der Waals surface area (Å²) in [6.45, 7) is 8.71. The van der Waals surface area contributed by atoms with E-state index in [0.717, 1.165) is 51.4 Å². The van der Waals surface area contributed by atoms with Gasteiger partial charge in [0.25, 0.3) is 0 Å². The lowest BCUT2D eigenvalue weighted by Crippen LogP contribution is -2.46. The number of aliphatic hydroxyl groups is 1. The van der Waals surface area contributed by atoms with Crippen LogP contribution in [0.25, 0.3) is 20.8 Å². The molecule has 0 radical (unpaired) electrons. The zero-order chi connectivity index (χ0) is 27.3. The Balaban J connectivity index is 1.66. The number of aromatic nitrogens is 4. The Morgan fingerprint density at radius 2 is 1.92 bits per heavy atom. The van der Waals surface area contributed by atoms with Crippen molar-refractivity contribution in [3.8, 4) is 10.6 Å². The number of fused-ring (bicyclic) bond motifs is 1. The van der Waals surface area contributed by atoms with Gasteiger partial charge in [0.2, 0.25) is 5.95 Å². The van der Waals surface area contributed by atoms with Crippen molar-refractivity contribution >= 4 is 33.3 Å². The van der Waals surface area contributed by atoms with Crippen LogP contribution >= 0.6 is 11.3 Å². The molecule has 4 rings (SSSR count). The molecule has 38 heavy (non-hydrogen) atoms. The average Bonchev–Trinajstić information content (AvgIpc) is 3.53. The van der Waals surface area contributed by atoms with Gasteiger partial charge in [-0.15, -0.1) is 17.9 Å². The second-order valence-corrected chi connectivity index (χ2v) is 10.9. The number of methoxy groups -OCH3 is 3. The molecular formula is C27H38N6O4S. The zero-order valence-electron chi connectivity index (χ0n) is 22.8. The van der Waals surface area contributed by atoms with Gasteiger partial charge in [0.1, 0.15) is 21.9 Å². The summed E-state index contributed by atoms with van der Waals surface area (Å²) in [6, 6.07) is 2.09. The standard InChI is InChI=1S/C27H38N6O4S/c1-7-20(37-6)13-29-26-30-16(2)22(25-32-23-17(3)28-11-10-21(23)38-25)24(33-26)31-19-9-8-18(12-19)27(34,14-35-4)15-36-5/h7,10-11,18-20,34H,1,8-9,12-15H2,2-6H3,(H2,29,30,31,33)/t18-,19+,20-/m1/s1. The first-order valence-electron chi connectivity index (χ1n) is 12.8. The quantitative estimate of drug-likeness (QED) is 0.273. The summed E-state index contributed by atoms with van der Waals surface area (Å²) in [7, 11) is 4.85. The van der Waals surface area contributed by atoms with Crippen molar-refractivity contribution in [2.24, 2.45) is 5.92 Å². The predicted octanol–water partition coefficient (Wildman–Crippen LogP) is 3.98. The van der Waals surface area contributed by atoms with Gasteiger partial charge >= 0.3 is 0 Å². The molecule has 0 amide bonds. The molecule has 0 bridgehead atoms. The molecule has 3 atom stereocenters. The lowest BCUT2D eigenvalue weighted by Gasteiger charge is -2.33. The van der Waals surface area contributed by atoms with E-state index in [1.165, 1.54) is 0 Å². The van der Waals surface area contributed by atoms with Gasteiger partial charge in [-0.1, -0.05) is 6.08 Å². The highest BCUT2D eigenvalue weighted by Crippen LogP contribution is 2.40. The number of pyridine rings is 1. The van der Waals surface area contributed by atoms with E-state index in [4.69, 9.17) is 29.2 Å². The van der Waals surface area contributed by atoms with Crippen LogP contribution in [-0.4, -0.2) is 83.9 Å². The number of rotatable bonds is 13. The molecule has 3 aromatic heterocycles. The minimum Gasteiger partial charge on any atom is -0.385 e. The fraction of sp³-hybridized carbons (Fsp3) is 0.556. The summed E-state index contributed by atoms with van der Waals surface area (Å²) in [5, 5.41) is 19.0. The Bertz CT molecular complexity index is 1250. The monoisotopic (exact) mass is 542 g/mol. The minimum absolute atomic E-state index is 0.0371. The van der Waals surface area contributed by atoms with E-state index in [-0.39, 0.29) is 31.3 Å². The lowest BCUT2D eigenvalue weighted by molar-refractivity contribution is -0.112. The maximum atomic E-state index is 11.2. The zero-order valence-corrected chi connectivity index (χ0v) is 23.6. The highest BCUT2D eigenvalue weighted by Gasteiger charge is 2.42. The van der Waals surface area contributed by atoms with Gasteiger partial charge in [-0.05, 0) is 45.1 Å². The number of hydrogen-bond acceptors (Lipinski definition) is 11. The molecule has 1 saturated carbocycles. The first-order chi connectivity index (χ1) is 18.3. The van der Waals surface area contributed by atoms with Gasteiger partial charge < -0.3 is 30.0 Å². The predicted molar refractivity (Wildman–Crippen MR) is 151 cm³/mol. The van der Waals surface area contributed by atoms with Crippen molar-refractivity contribution in [1.82, 2.24) is 19.9 Å². The smallest absolute Gasteiger partial charge is 0.225 e. The molecule has 1 fully saturated rings. The van der Waals surface area contributed by atoms with E-state index in [2.05, 4.69) is 22.2 Å². The van der Waals surface area contributed by atoms with Crippen LogP contribution in [0, 0.1) is 19.8 Å². The highest BCUT2D eigenvalue weighted by atomic mass is 32.1. The highest BCUT2D eigenvalue weighted by molar-refractivity contribution is 7.21. The Morgan fingerprint density at radius 3 is 2.58 bits per heavy atom. The summed E-state index contributed by atoms with van der Waals surface area (Å²) in [4.78, 5) is 18.9. The van der Waals surface area contributed by atoms with Crippen LogP contribution in [0.3, 0.4) is 0 Å². The van der Waals surface area contributed by atoms with Crippen molar-refractivity contribution < 1.29 is 19.3 Å². The maximum Gasteiger partial charge on any atom is 0.225 e. The number of nitrogens with zero attached hydrogens (tertiary/aromatic N) is 4. The minimum atomic E-state index is -1.03. The van der Waals surface area contributed by atoms with Crippen molar-refractivity contribution in [1.29, 1.82) is 0 Å². The first-order valence-corrected chi connectivity index (χ1v) is 13.6. The third kappa shape index (κ3) is 6.13. The molecule has 0 unspecified atom stereocenters. The summed E-state index contributed by atoms with van der Waals surface area (Å²) >= 11 is 1.60. The average molecular weight is 543 g/mol. The fourth-order valence-corrected chi connectivity index (χ4v) is 6.24. The van der Waals surface area contributed by atoms with Crippen LogP contribution in [0.1, 0.15) is 30.7 Å². The molecule has 11 heteroatoms. The molecule has 0 spiro atoms. The number of ether oxygens (including phenoxy) is 3. The molecule has 1 aliphatic carbocycles. The van der Waals surface area contributed by atoms with Crippen LogP contribution < -0.4 is 10.6 Å². The Kier molecular flexibility index (Phi) is 9.27. The van der Waals surface area contributed by atoms with E-state index >= 15 is 0 Å². The summed E-state index contributed by atoms with van der Waals surface area (Å²) in [6.07, 6.45) is 5.89. The van der Waals surface area contributed by atoms with Gasteiger partial charge in [-0.3, -0.25) is 4.98 Å². The first kappa shape index (κ1) is 28.3. The van der Waals surface area contributed by atoms with E-state index < -0.39 is 5.60 Å². The number of nitrogens with one attached hydrogen (secondary N) is 2. The summed E-state index contributed by atoms with van der Waals surface area (Å²) in [5.74, 6) is 1.25. The molecule has 0 saturated heterocycles.